The molecule has 2 nitrogen and oxygen atoms in total. The second-order valence-electron chi connectivity index (χ2n) is 3.91. The Morgan fingerprint density at radius 1 is 1.07 bits per heavy atom. The summed E-state index contributed by atoms with van der Waals surface area (Å²) in [7, 11) is 0. The maximum Gasteiger partial charge on any atom is 0.0814 e. The Labute approximate surface area is 93.2 Å². The van der Waals surface area contributed by atoms with Gasteiger partial charge in [-0.2, -0.15) is 0 Å². The molecule has 1 N–H and O–H groups in total. The average Bonchev–Trinajstić information content (AvgIpc) is 2.07. The number of aliphatic hydroxyl groups is 1. The Kier molecular flexibility index (Phi) is 8.76. The van der Waals surface area contributed by atoms with Gasteiger partial charge in [0.1, 0.15) is 0 Å². The number of rotatable bonds is 2. The Morgan fingerprint density at radius 3 is 2.00 bits per heavy atom. The van der Waals surface area contributed by atoms with Gasteiger partial charge in [-0.3, -0.25) is 0 Å². The maximum absolute atomic E-state index is 8.83. The van der Waals surface area contributed by atoms with Gasteiger partial charge in [0.15, 0.2) is 0 Å². The molecule has 0 aliphatic carbocycles. The van der Waals surface area contributed by atoms with Gasteiger partial charge in [0.05, 0.1) is 25.2 Å². The van der Waals surface area contributed by atoms with Crippen molar-refractivity contribution in [1.29, 1.82) is 0 Å². The van der Waals surface area contributed by atoms with E-state index in [1.165, 1.54) is 32.5 Å². The molecular formula is C9H26B3NO. The van der Waals surface area contributed by atoms with E-state index in [2.05, 4.69) is 4.90 Å². The molecule has 3 fully saturated rings. The molecule has 3 aliphatic rings. The monoisotopic (exact) mass is 197 g/mol. The standard InChI is InChI=1S/C9H17NO.3BH3/c11-6-3-9-7-10-4-1-8(9)2-5-10;;;/h8-9,11H,1-7H2;3*1H3/t9-;;;/m1.../s1. The van der Waals surface area contributed by atoms with Crippen LogP contribution in [-0.2, 0) is 0 Å². The van der Waals surface area contributed by atoms with E-state index in [4.69, 9.17) is 5.11 Å². The normalized spacial score (nSPS) is 33.6. The maximum atomic E-state index is 8.83. The zero-order chi connectivity index (χ0) is 7.68. The van der Waals surface area contributed by atoms with E-state index in [1.807, 2.05) is 0 Å². The molecule has 5 heteroatoms. The minimum absolute atomic E-state index is 0. The van der Waals surface area contributed by atoms with E-state index >= 15 is 0 Å². The lowest BCUT2D eigenvalue weighted by Gasteiger charge is -2.44. The van der Waals surface area contributed by atoms with E-state index in [9.17, 15) is 0 Å². The fourth-order valence-corrected chi connectivity index (χ4v) is 2.58. The van der Waals surface area contributed by atoms with Crippen LogP contribution in [0.2, 0.25) is 0 Å². The smallest absolute Gasteiger partial charge is 0.0814 e. The van der Waals surface area contributed by atoms with E-state index in [1.54, 1.807) is 0 Å². The van der Waals surface area contributed by atoms with Crippen LogP contribution in [0.5, 0.6) is 0 Å². The van der Waals surface area contributed by atoms with Gasteiger partial charge in [-0.25, -0.2) is 0 Å². The first-order valence-electron chi connectivity index (χ1n) is 4.73. The zero-order valence-corrected chi connectivity index (χ0v) is 7.00. The summed E-state index contributed by atoms with van der Waals surface area (Å²) in [5, 5.41) is 8.83. The summed E-state index contributed by atoms with van der Waals surface area (Å²) >= 11 is 0. The van der Waals surface area contributed by atoms with Crippen LogP contribution in [0, 0.1) is 11.8 Å². The molecule has 14 heavy (non-hydrogen) atoms. The molecule has 0 amide bonds. The second-order valence-corrected chi connectivity index (χ2v) is 3.91. The lowest BCUT2D eigenvalue weighted by molar-refractivity contribution is 0.0378. The first kappa shape index (κ1) is 16.5. The van der Waals surface area contributed by atoms with Crippen LogP contribution in [0.15, 0.2) is 0 Å². The van der Waals surface area contributed by atoms with Gasteiger partial charge in [0, 0.05) is 13.2 Å². The first-order chi connectivity index (χ1) is 5.40. The largest absolute Gasteiger partial charge is 0.396 e. The van der Waals surface area contributed by atoms with Gasteiger partial charge in [0.25, 0.3) is 0 Å². The number of hydrogen-bond acceptors (Lipinski definition) is 2. The fraction of sp³-hybridized carbons (Fsp3) is 1.00. The molecule has 0 unspecified atom stereocenters. The SMILES string of the molecule is B.B.B.OCC[C@@H]1CN2CCC1CC2. The highest BCUT2D eigenvalue weighted by Gasteiger charge is 2.33. The quantitative estimate of drug-likeness (QED) is 0.481. The van der Waals surface area contributed by atoms with Crippen LogP contribution in [-0.4, -0.2) is 61.5 Å². The van der Waals surface area contributed by atoms with Gasteiger partial charge in [-0.15, -0.1) is 0 Å². The Hall–Kier alpha value is 0.115. The minimum atomic E-state index is 0. The lowest BCUT2D eigenvalue weighted by Crippen LogP contribution is -2.47. The predicted octanol–water partition coefficient (Wildman–Crippen LogP) is -2.84. The molecule has 3 rings (SSSR count). The number of piperidine rings is 3. The highest BCUT2D eigenvalue weighted by molar-refractivity contribution is 5.76. The number of nitrogens with zero attached hydrogens (tertiary/aromatic N) is 1. The van der Waals surface area contributed by atoms with Crippen molar-refractivity contribution >= 4 is 25.2 Å². The molecule has 2 bridgehead atoms. The molecule has 0 radical (unpaired) electrons. The summed E-state index contributed by atoms with van der Waals surface area (Å²) in [6.45, 7) is 4.26. The van der Waals surface area contributed by atoms with Crippen molar-refractivity contribution in [3.05, 3.63) is 0 Å². The highest BCUT2D eigenvalue weighted by atomic mass is 16.3. The van der Waals surface area contributed by atoms with Gasteiger partial charge in [-0.1, -0.05) is 0 Å². The molecule has 0 aromatic carbocycles. The molecule has 3 saturated heterocycles. The Bertz CT molecular complexity index is 140. The third-order valence-electron chi connectivity index (χ3n) is 3.29. The summed E-state index contributed by atoms with van der Waals surface area (Å²) < 4.78 is 0. The Morgan fingerprint density at radius 2 is 1.64 bits per heavy atom. The van der Waals surface area contributed by atoms with Gasteiger partial charge in [0.2, 0.25) is 0 Å². The van der Waals surface area contributed by atoms with Crippen molar-refractivity contribution < 1.29 is 5.11 Å². The van der Waals surface area contributed by atoms with Gasteiger partial charge >= 0.3 is 0 Å². The number of fused-ring (bicyclic) bond motifs is 3. The summed E-state index contributed by atoms with van der Waals surface area (Å²) in [5.41, 5.74) is 0. The summed E-state index contributed by atoms with van der Waals surface area (Å²) in [5.74, 6) is 1.75. The fourth-order valence-electron chi connectivity index (χ4n) is 2.58. The molecular weight excluding hydrogens is 171 g/mol. The summed E-state index contributed by atoms with van der Waals surface area (Å²) in [4.78, 5) is 2.54. The average molecular weight is 197 g/mol. The molecule has 0 aromatic heterocycles. The summed E-state index contributed by atoms with van der Waals surface area (Å²) in [6.07, 6.45) is 3.79. The topological polar surface area (TPSA) is 23.5 Å². The van der Waals surface area contributed by atoms with Crippen LogP contribution < -0.4 is 0 Å². The van der Waals surface area contributed by atoms with Crippen molar-refractivity contribution in [1.82, 2.24) is 4.90 Å². The van der Waals surface area contributed by atoms with E-state index in [0.29, 0.717) is 6.61 Å². The molecule has 0 spiro atoms. The van der Waals surface area contributed by atoms with Crippen molar-refractivity contribution in [2.24, 2.45) is 11.8 Å². The third-order valence-corrected chi connectivity index (χ3v) is 3.29. The van der Waals surface area contributed by atoms with Crippen molar-refractivity contribution in [2.75, 3.05) is 26.2 Å². The van der Waals surface area contributed by atoms with E-state index < -0.39 is 0 Å². The van der Waals surface area contributed by atoms with Crippen molar-refractivity contribution in [2.45, 2.75) is 19.3 Å². The van der Waals surface area contributed by atoms with Crippen molar-refractivity contribution in [3.8, 4) is 0 Å². The molecule has 3 heterocycles. The number of hydrogen-bond donors (Lipinski definition) is 1. The molecule has 0 saturated carbocycles. The third kappa shape index (κ3) is 3.36. The van der Waals surface area contributed by atoms with Gasteiger partial charge < -0.3 is 10.0 Å². The minimum Gasteiger partial charge on any atom is -0.396 e. The van der Waals surface area contributed by atoms with Crippen LogP contribution in [0.4, 0.5) is 0 Å². The first-order valence-corrected chi connectivity index (χ1v) is 4.73. The lowest BCUT2D eigenvalue weighted by atomic mass is 9.78. The van der Waals surface area contributed by atoms with Crippen molar-refractivity contribution in [3.63, 3.8) is 0 Å². The molecule has 0 aromatic rings. The van der Waals surface area contributed by atoms with Crippen LogP contribution in [0.25, 0.3) is 0 Å². The molecule has 82 valence electrons. The zero-order valence-electron chi connectivity index (χ0n) is 7.00. The van der Waals surface area contributed by atoms with Crippen LogP contribution in [0.1, 0.15) is 19.3 Å². The molecule has 3 aliphatic heterocycles. The predicted molar refractivity (Wildman–Crippen MR) is 74.2 cm³/mol. The highest BCUT2D eigenvalue weighted by Crippen LogP contribution is 2.33. The van der Waals surface area contributed by atoms with Crippen LogP contribution in [0.3, 0.4) is 0 Å². The number of aliphatic hydroxyl groups excluding tert-OH is 1. The second kappa shape index (κ2) is 7.41. The summed E-state index contributed by atoms with van der Waals surface area (Å²) in [6, 6.07) is 0. The van der Waals surface area contributed by atoms with E-state index in [0.717, 1.165) is 18.3 Å². The van der Waals surface area contributed by atoms with E-state index in [-0.39, 0.29) is 25.2 Å². The van der Waals surface area contributed by atoms with Gasteiger partial charge in [-0.05, 0) is 44.2 Å². The molecule has 1 atom stereocenters. The Balaban J connectivity index is 0. The van der Waals surface area contributed by atoms with Crippen LogP contribution >= 0.6 is 0 Å².